The summed E-state index contributed by atoms with van der Waals surface area (Å²) in [6.07, 6.45) is 0.944. The van der Waals surface area contributed by atoms with Crippen molar-refractivity contribution in [3.63, 3.8) is 0 Å². The fraction of sp³-hybridized carbons (Fsp3) is 0.538. The Labute approximate surface area is 107 Å². The fourth-order valence-corrected chi connectivity index (χ4v) is 1.95. The lowest BCUT2D eigenvalue weighted by molar-refractivity contribution is 0.174. The minimum Gasteiger partial charge on any atom is -0.454 e. The highest BCUT2D eigenvalue weighted by molar-refractivity contribution is 5.48. The van der Waals surface area contributed by atoms with Crippen LogP contribution in [-0.4, -0.2) is 32.5 Å². The Bertz CT molecular complexity index is 409. The zero-order chi connectivity index (χ0) is 13.0. The molecule has 0 aliphatic carbocycles. The van der Waals surface area contributed by atoms with E-state index in [0.717, 1.165) is 31.0 Å². The van der Waals surface area contributed by atoms with Gasteiger partial charge in [0.1, 0.15) is 0 Å². The number of benzene rings is 1. The van der Waals surface area contributed by atoms with Gasteiger partial charge in [0.25, 0.3) is 0 Å². The fourth-order valence-electron chi connectivity index (χ4n) is 1.95. The molecular weight excluding hydrogens is 230 g/mol. The maximum absolute atomic E-state index is 5.73. The summed E-state index contributed by atoms with van der Waals surface area (Å²) in [6.45, 7) is 4.55. The summed E-state index contributed by atoms with van der Waals surface area (Å²) in [5, 5.41) is 3.30. The lowest BCUT2D eigenvalue weighted by Gasteiger charge is -2.11. The van der Waals surface area contributed by atoms with Crippen LogP contribution >= 0.6 is 0 Å². The maximum Gasteiger partial charge on any atom is 0.231 e. The highest BCUT2D eigenvalue weighted by atomic mass is 16.7. The third-order valence-corrected chi connectivity index (χ3v) is 3.11. The van der Waals surface area contributed by atoms with Crippen LogP contribution in [-0.2, 0) is 6.42 Å². The normalized spacial score (nSPS) is 14.8. The van der Waals surface area contributed by atoms with Gasteiger partial charge in [-0.2, -0.15) is 0 Å². The molecule has 5 N–H and O–H groups in total. The van der Waals surface area contributed by atoms with Gasteiger partial charge in [-0.15, -0.1) is 0 Å². The van der Waals surface area contributed by atoms with E-state index in [9.17, 15) is 0 Å². The quantitative estimate of drug-likeness (QED) is 0.627. The number of rotatable bonds is 6. The first kappa shape index (κ1) is 13.1. The molecule has 1 unspecified atom stereocenters. The molecule has 100 valence electrons. The summed E-state index contributed by atoms with van der Waals surface area (Å²) in [6, 6.07) is 4.12. The summed E-state index contributed by atoms with van der Waals surface area (Å²) >= 11 is 0. The summed E-state index contributed by atoms with van der Waals surface area (Å²) in [5.41, 5.74) is 13.7. The molecule has 1 atom stereocenters. The van der Waals surface area contributed by atoms with Gasteiger partial charge in [-0.3, -0.25) is 0 Å². The molecule has 1 aromatic rings. The van der Waals surface area contributed by atoms with Crippen LogP contribution in [0.5, 0.6) is 11.5 Å². The Morgan fingerprint density at radius 1 is 1.33 bits per heavy atom. The van der Waals surface area contributed by atoms with E-state index in [2.05, 4.69) is 18.3 Å². The first-order valence-corrected chi connectivity index (χ1v) is 6.26. The van der Waals surface area contributed by atoms with Gasteiger partial charge >= 0.3 is 0 Å². The van der Waals surface area contributed by atoms with Crippen LogP contribution in [0.3, 0.4) is 0 Å². The van der Waals surface area contributed by atoms with Gasteiger partial charge < -0.3 is 26.3 Å². The second-order valence-electron chi connectivity index (χ2n) is 4.58. The van der Waals surface area contributed by atoms with Gasteiger partial charge in [0.05, 0.1) is 0 Å². The number of ether oxygens (including phenoxy) is 2. The molecule has 5 heteroatoms. The van der Waals surface area contributed by atoms with Crippen molar-refractivity contribution in [1.82, 2.24) is 5.32 Å². The van der Waals surface area contributed by atoms with Crippen LogP contribution in [0.2, 0.25) is 0 Å². The molecule has 0 aromatic heterocycles. The molecule has 0 fully saturated rings. The van der Waals surface area contributed by atoms with Crippen molar-refractivity contribution in [2.75, 3.05) is 26.4 Å². The number of aryl methyl sites for hydroxylation is 1. The van der Waals surface area contributed by atoms with Gasteiger partial charge in [0, 0.05) is 19.1 Å². The number of hydrogen-bond donors (Lipinski definition) is 3. The van der Waals surface area contributed by atoms with Crippen LogP contribution < -0.4 is 26.3 Å². The molecule has 1 aliphatic heterocycles. The number of hydrogen-bond acceptors (Lipinski definition) is 5. The van der Waals surface area contributed by atoms with Gasteiger partial charge in [-0.1, -0.05) is 0 Å². The van der Waals surface area contributed by atoms with Crippen molar-refractivity contribution in [3.8, 4) is 11.5 Å². The topological polar surface area (TPSA) is 82.5 Å². The van der Waals surface area contributed by atoms with E-state index in [0.29, 0.717) is 13.3 Å². The molecule has 18 heavy (non-hydrogen) atoms. The van der Waals surface area contributed by atoms with E-state index in [1.165, 1.54) is 11.1 Å². The SMILES string of the molecule is Cc1cc2c(cc1CCNCC(N)CN)OCO2. The summed E-state index contributed by atoms with van der Waals surface area (Å²) in [4.78, 5) is 0. The van der Waals surface area contributed by atoms with E-state index >= 15 is 0 Å². The van der Waals surface area contributed by atoms with Crippen molar-refractivity contribution in [3.05, 3.63) is 23.3 Å². The predicted molar refractivity (Wildman–Crippen MR) is 70.9 cm³/mol. The second kappa shape index (κ2) is 6.04. The Morgan fingerprint density at radius 2 is 2.06 bits per heavy atom. The zero-order valence-corrected chi connectivity index (χ0v) is 10.7. The van der Waals surface area contributed by atoms with Gasteiger partial charge in [0.2, 0.25) is 6.79 Å². The van der Waals surface area contributed by atoms with Crippen LogP contribution in [0.1, 0.15) is 11.1 Å². The lowest BCUT2D eigenvalue weighted by Crippen LogP contribution is -2.40. The van der Waals surface area contributed by atoms with Crippen molar-refractivity contribution < 1.29 is 9.47 Å². The van der Waals surface area contributed by atoms with Crippen molar-refractivity contribution >= 4 is 0 Å². The van der Waals surface area contributed by atoms with E-state index in [-0.39, 0.29) is 6.04 Å². The first-order chi connectivity index (χ1) is 8.70. The molecule has 0 radical (unpaired) electrons. The molecule has 5 nitrogen and oxygen atoms in total. The van der Waals surface area contributed by atoms with Crippen LogP contribution in [0.4, 0.5) is 0 Å². The highest BCUT2D eigenvalue weighted by Crippen LogP contribution is 2.34. The molecule has 1 heterocycles. The average molecular weight is 251 g/mol. The Hall–Kier alpha value is -1.30. The van der Waals surface area contributed by atoms with E-state index < -0.39 is 0 Å². The van der Waals surface area contributed by atoms with Crippen molar-refractivity contribution in [2.24, 2.45) is 11.5 Å². The maximum atomic E-state index is 5.73. The number of fused-ring (bicyclic) bond motifs is 1. The largest absolute Gasteiger partial charge is 0.454 e. The van der Waals surface area contributed by atoms with E-state index in [4.69, 9.17) is 20.9 Å². The number of nitrogens with two attached hydrogens (primary N) is 2. The van der Waals surface area contributed by atoms with Crippen LogP contribution in [0.15, 0.2) is 12.1 Å². The lowest BCUT2D eigenvalue weighted by atomic mass is 10.0. The molecule has 0 saturated heterocycles. The van der Waals surface area contributed by atoms with Crippen molar-refractivity contribution in [1.29, 1.82) is 0 Å². The zero-order valence-electron chi connectivity index (χ0n) is 10.7. The van der Waals surface area contributed by atoms with Crippen LogP contribution in [0.25, 0.3) is 0 Å². The van der Waals surface area contributed by atoms with Crippen molar-refractivity contribution in [2.45, 2.75) is 19.4 Å². The Balaban J connectivity index is 1.86. The van der Waals surface area contributed by atoms with Gasteiger partial charge in [-0.25, -0.2) is 0 Å². The van der Waals surface area contributed by atoms with Gasteiger partial charge in [0.15, 0.2) is 11.5 Å². The molecule has 0 amide bonds. The molecule has 0 bridgehead atoms. The first-order valence-electron chi connectivity index (χ1n) is 6.26. The van der Waals surface area contributed by atoms with E-state index in [1.807, 2.05) is 6.07 Å². The van der Waals surface area contributed by atoms with Crippen LogP contribution in [0, 0.1) is 6.92 Å². The third kappa shape index (κ3) is 3.13. The van der Waals surface area contributed by atoms with Gasteiger partial charge in [-0.05, 0) is 43.1 Å². The highest BCUT2D eigenvalue weighted by Gasteiger charge is 2.15. The molecule has 1 aromatic carbocycles. The Kier molecular flexibility index (Phi) is 4.41. The molecule has 0 spiro atoms. The predicted octanol–water partition coefficient (Wildman–Crippen LogP) is 0.142. The molecule has 0 saturated carbocycles. The smallest absolute Gasteiger partial charge is 0.231 e. The molecule has 2 rings (SSSR count). The molecule has 1 aliphatic rings. The third-order valence-electron chi connectivity index (χ3n) is 3.11. The second-order valence-corrected chi connectivity index (χ2v) is 4.58. The summed E-state index contributed by atoms with van der Waals surface area (Å²) < 4.78 is 10.7. The average Bonchev–Trinajstić information content (AvgIpc) is 2.81. The Morgan fingerprint density at radius 3 is 2.78 bits per heavy atom. The number of nitrogens with one attached hydrogen (secondary N) is 1. The standard InChI is InChI=1S/C13H21N3O2/c1-9-4-12-13(18-8-17-12)5-10(9)2-3-16-7-11(15)6-14/h4-5,11,16H,2-3,6-8,14-15H2,1H3. The monoisotopic (exact) mass is 251 g/mol. The minimum atomic E-state index is 0.0304. The van der Waals surface area contributed by atoms with E-state index in [1.54, 1.807) is 0 Å². The summed E-state index contributed by atoms with van der Waals surface area (Å²) in [5.74, 6) is 1.68. The minimum absolute atomic E-state index is 0.0304. The molecular formula is C13H21N3O2. The summed E-state index contributed by atoms with van der Waals surface area (Å²) in [7, 11) is 0.